The van der Waals surface area contributed by atoms with Gasteiger partial charge in [-0.05, 0) is 42.7 Å². The molecule has 0 spiro atoms. The number of amides is 1. The summed E-state index contributed by atoms with van der Waals surface area (Å²) in [6, 6.07) is 18.3. The lowest BCUT2D eigenvalue weighted by Crippen LogP contribution is -2.50. The highest BCUT2D eigenvalue weighted by molar-refractivity contribution is 5.95. The van der Waals surface area contributed by atoms with Crippen molar-refractivity contribution in [2.24, 2.45) is 0 Å². The zero-order chi connectivity index (χ0) is 29.2. The second kappa shape index (κ2) is 12.2. The Morgan fingerprint density at radius 2 is 1.79 bits per heavy atom. The van der Waals surface area contributed by atoms with Gasteiger partial charge in [-0.15, -0.1) is 0 Å². The summed E-state index contributed by atoms with van der Waals surface area (Å²) in [4.78, 5) is 36.8. The highest BCUT2D eigenvalue weighted by atomic mass is 16.7. The molecule has 1 atom stereocenters. The first kappa shape index (κ1) is 27.6. The van der Waals surface area contributed by atoms with Crippen molar-refractivity contribution in [3.05, 3.63) is 71.9 Å². The molecule has 3 fully saturated rings. The molecular weight excluding hydrogens is 546 g/mol. The summed E-state index contributed by atoms with van der Waals surface area (Å²) in [5.41, 5.74) is 3.14. The second-order valence-electron chi connectivity index (χ2n) is 11.2. The van der Waals surface area contributed by atoms with E-state index >= 15 is 0 Å². The van der Waals surface area contributed by atoms with Crippen LogP contribution in [0.4, 0.5) is 17.5 Å². The fourth-order valence-corrected chi connectivity index (χ4v) is 6.41. The third-order valence-corrected chi connectivity index (χ3v) is 8.70. The summed E-state index contributed by atoms with van der Waals surface area (Å²) < 4.78 is 11.2. The van der Waals surface area contributed by atoms with Crippen molar-refractivity contribution in [3.63, 3.8) is 0 Å². The fraction of sp³-hybridized carbons (Fsp3) is 0.406. The van der Waals surface area contributed by atoms with E-state index in [0.717, 1.165) is 64.0 Å². The number of H-pyrrole nitrogens is 1. The number of likely N-dealkylation sites (tertiary alicyclic amines) is 1. The highest BCUT2D eigenvalue weighted by Crippen LogP contribution is 2.38. The van der Waals surface area contributed by atoms with E-state index in [1.165, 1.54) is 5.56 Å². The van der Waals surface area contributed by atoms with Crippen LogP contribution >= 0.6 is 0 Å². The van der Waals surface area contributed by atoms with Crippen LogP contribution in [0.25, 0.3) is 11.0 Å². The van der Waals surface area contributed by atoms with Crippen LogP contribution < -0.4 is 15.1 Å². The summed E-state index contributed by atoms with van der Waals surface area (Å²) in [5.74, 6) is 1.65. The SMILES string of the molecule is COc1cc(C(=O)N2CCC(N3CCOCC3)CC2)ccc1Nc1nc(N2OCC[C@H]2c2ccccc2)c2cc[nH]c2n1. The number of rotatable bonds is 7. The number of carbonyl (C=O) groups excluding carboxylic acids is 1. The van der Waals surface area contributed by atoms with Gasteiger partial charge in [0.2, 0.25) is 5.95 Å². The Kier molecular flexibility index (Phi) is 7.84. The maximum atomic E-state index is 13.4. The highest BCUT2D eigenvalue weighted by Gasteiger charge is 2.31. The Balaban J connectivity index is 1.09. The monoisotopic (exact) mass is 583 g/mol. The Morgan fingerprint density at radius 1 is 0.977 bits per heavy atom. The lowest BCUT2D eigenvalue weighted by Gasteiger charge is -2.40. The molecule has 7 rings (SSSR count). The number of carbonyl (C=O) groups is 1. The van der Waals surface area contributed by atoms with Gasteiger partial charge in [-0.25, -0.2) is 5.06 Å². The van der Waals surface area contributed by atoms with Crippen LogP contribution in [0.2, 0.25) is 0 Å². The molecule has 0 saturated carbocycles. The van der Waals surface area contributed by atoms with E-state index in [4.69, 9.17) is 24.3 Å². The van der Waals surface area contributed by atoms with Gasteiger partial charge >= 0.3 is 0 Å². The van der Waals surface area contributed by atoms with E-state index in [0.29, 0.717) is 47.1 Å². The number of methoxy groups -OCH3 is 1. The first-order valence-corrected chi connectivity index (χ1v) is 15.1. The maximum absolute atomic E-state index is 13.4. The molecule has 0 bridgehead atoms. The quantitative estimate of drug-likeness (QED) is 0.324. The van der Waals surface area contributed by atoms with Gasteiger partial charge in [0.05, 0.1) is 44.0 Å². The standard InChI is InChI=1S/C32H37N7O4/c1-41-28-21-23(31(40)38-14-10-24(11-15-38)37-16-19-42-20-17-37)7-8-26(28)34-32-35-29-25(9-13-33-29)30(36-32)39-27(12-18-43-39)22-5-3-2-4-6-22/h2-9,13,21,24,27H,10-12,14-20H2,1H3,(H2,33,34,35,36)/t27-/m0/s1. The van der Waals surface area contributed by atoms with Gasteiger partial charge in [0.1, 0.15) is 11.4 Å². The molecule has 0 unspecified atom stereocenters. The number of aromatic amines is 1. The lowest BCUT2D eigenvalue weighted by atomic mass is 10.0. The van der Waals surface area contributed by atoms with E-state index in [1.807, 2.05) is 52.6 Å². The van der Waals surface area contributed by atoms with Crippen LogP contribution in [0.15, 0.2) is 60.8 Å². The van der Waals surface area contributed by atoms with Crippen molar-refractivity contribution in [1.29, 1.82) is 0 Å². The van der Waals surface area contributed by atoms with Gasteiger partial charge in [0.15, 0.2) is 5.82 Å². The number of aromatic nitrogens is 3. The van der Waals surface area contributed by atoms with Gasteiger partial charge in [-0.3, -0.25) is 14.5 Å². The van der Waals surface area contributed by atoms with Crippen LogP contribution in [0.3, 0.4) is 0 Å². The molecule has 3 aliphatic rings. The van der Waals surface area contributed by atoms with Crippen LogP contribution in [-0.4, -0.2) is 89.8 Å². The van der Waals surface area contributed by atoms with E-state index in [1.54, 1.807) is 13.2 Å². The Labute approximate surface area is 250 Å². The van der Waals surface area contributed by atoms with Gasteiger partial charge in [-0.1, -0.05) is 30.3 Å². The minimum Gasteiger partial charge on any atom is -0.495 e. The average Bonchev–Trinajstić information content (AvgIpc) is 3.76. The summed E-state index contributed by atoms with van der Waals surface area (Å²) >= 11 is 0. The van der Waals surface area contributed by atoms with E-state index < -0.39 is 0 Å². The Morgan fingerprint density at radius 3 is 2.58 bits per heavy atom. The van der Waals surface area contributed by atoms with Crippen molar-refractivity contribution < 1.29 is 19.1 Å². The number of benzene rings is 2. The molecular formula is C32H37N7O4. The molecule has 2 N–H and O–H groups in total. The largest absolute Gasteiger partial charge is 0.495 e. The molecule has 2 aromatic carbocycles. The van der Waals surface area contributed by atoms with Crippen LogP contribution in [-0.2, 0) is 9.57 Å². The first-order valence-electron chi connectivity index (χ1n) is 15.1. The van der Waals surface area contributed by atoms with Crippen LogP contribution in [0.5, 0.6) is 5.75 Å². The van der Waals surface area contributed by atoms with Crippen molar-refractivity contribution in [2.45, 2.75) is 31.3 Å². The van der Waals surface area contributed by atoms with E-state index in [9.17, 15) is 4.79 Å². The van der Waals surface area contributed by atoms with E-state index in [2.05, 4.69) is 27.3 Å². The number of ether oxygens (including phenoxy) is 2. The summed E-state index contributed by atoms with van der Waals surface area (Å²) in [5, 5.41) is 6.08. The molecule has 43 heavy (non-hydrogen) atoms. The normalized spacial score (nSPS) is 20.1. The lowest BCUT2D eigenvalue weighted by molar-refractivity contribution is 0.00159. The first-order chi connectivity index (χ1) is 21.2. The van der Waals surface area contributed by atoms with Gasteiger partial charge in [-0.2, -0.15) is 9.97 Å². The Hall–Kier alpha value is -4.19. The molecule has 224 valence electrons. The predicted octanol–water partition coefficient (Wildman–Crippen LogP) is 4.53. The van der Waals surface area contributed by atoms with Gasteiger partial charge in [0, 0.05) is 50.4 Å². The van der Waals surface area contributed by atoms with Crippen molar-refractivity contribution in [3.8, 4) is 5.75 Å². The Bertz CT molecular complexity index is 1560. The maximum Gasteiger partial charge on any atom is 0.253 e. The summed E-state index contributed by atoms with van der Waals surface area (Å²) in [6.45, 7) is 5.65. The van der Waals surface area contributed by atoms with Gasteiger partial charge < -0.3 is 24.7 Å². The third kappa shape index (κ3) is 5.63. The van der Waals surface area contributed by atoms with Crippen molar-refractivity contribution in [1.82, 2.24) is 24.8 Å². The minimum atomic E-state index is 0.0229. The number of morpholine rings is 1. The summed E-state index contributed by atoms with van der Waals surface area (Å²) in [7, 11) is 1.60. The topological polar surface area (TPSA) is 108 Å². The van der Waals surface area contributed by atoms with Gasteiger partial charge in [0.25, 0.3) is 5.91 Å². The van der Waals surface area contributed by atoms with E-state index in [-0.39, 0.29) is 11.9 Å². The molecule has 11 nitrogen and oxygen atoms in total. The second-order valence-corrected chi connectivity index (χ2v) is 11.2. The molecule has 5 heterocycles. The zero-order valence-corrected chi connectivity index (χ0v) is 24.4. The zero-order valence-electron chi connectivity index (χ0n) is 24.4. The van der Waals surface area contributed by atoms with Crippen LogP contribution in [0.1, 0.15) is 41.2 Å². The number of hydrogen-bond acceptors (Lipinski definition) is 9. The number of hydrogen-bond donors (Lipinski definition) is 2. The van der Waals surface area contributed by atoms with Crippen LogP contribution in [0, 0.1) is 0 Å². The minimum absolute atomic E-state index is 0.0229. The third-order valence-electron chi connectivity index (χ3n) is 8.70. The van der Waals surface area contributed by atoms with Crippen molar-refractivity contribution in [2.75, 3.05) is 63.5 Å². The number of anilines is 3. The molecule has 11 heteroatoms. The molecule has 1 amide bonds. The average molecular weight is 584 g/mol. The number of nitrogens with zero attached hydrogens (tertiary/aromatic N) is 5. The molecule has 3 aliphatic heterocycles. The molecule has 4 aromatic rings. The number of nitrogens with one attached hydrogen (secondary N) is 2. The molecule has 0 aliphatic carbocycles. The molecule has 2 aromatic heterocycles. The smallest absolute Gasteiger partial charge is 0.253 e. The fourth-order valence-electron chi connectivity index (χ4n) is 6.41. The molecule has 3 saturated heterocycles. The van der Waals surface area contributed by atoms with Crippen molar-refractivity contribution >= 4 is 34.4 Å². The predicted molar refractivity (Wildman–Crippen MR) is 164 cm³/mol. The summed E-state index contributed by atoms with van der Waals surface area (Å²) in [6.07, 6.45) is 4.67. The number of fused-ring (bicyclic) bond motifs is 1. The number of hydroxylamine groups is 1. The molecule has 0 radical (unpaired) electrons. The number of piperidine rings is 1.